The van der Waals surface area contributed by atoms with E-state index in [1.54, 1.807) is 0 Å². The highest BCUT2D eigenvalue weighted by Gasteiger charge is 2.44. The molecule has 5 heteroatoms. The van der Waals surface area contributed by atoms with E-state index in [-0.39, 0.29) is 17.4 Å². The number of oxime groups is 1. The minimum absolute atomic E-state index is 0.0300. The molecule has 2 aliphatic heterocycles. The van der Waals surface area contributed by atoms with Crippen molar-refractivity contribution in [2.45, 2.75) is 63.5 Å². The fourth-order valence-electron chi connectivity index (χ4n) is 4.47. The summed E-state index contributed by atoms with van der Waals surface area (Å²) >= 11 is 0. The number of carbonyl (C=O) groups is 1. The Bertz CT molecular complexity index is 646. The quantitative estimate of drug-likeness (QED) is 0.879. The van der Waals surface area contributed by atoms with Crippen LogP contribution >= 0.6 is 0 Å². The van der Waals surface area contributed by atoms with E-state index in [1.165, 1.54) is 12.8 Å². The Balaban J connectivity index is 1.42. The Morgan fingerprint density at radius 3 is 2.62 bits per heavy atom. The second-order valence-corrected chi connectivity index (χ2v) is 7.89. The lowest BCUT2D eigenvalue weighted by molar-refractivity contribution is -0.140. The van der Waals surface area contributed by atoms with E-state index in [9.17, 15) is 4.79 Å². The Morgan fingerprint density at radius 2 is 1.88 bits per heavy atom. The molecule has 4 rings (SSSR count). The van der Waals surface area contributed by atoms with Gasteiger partial charge < -0.3 is 14.9 Å². The standard InChI is InChI=1S/C21H28N2O3/c24-20(22-17-8-4-5-9-17)21(10-12-25-13-11-21)15-18-14-19(23-26-18)16-6-2-1-3-7-16/h1-3,6-7,17-18H,4-5,8-15H2,(H,22,24)/t18-/m0/s1. The van der Waals surface area contributed by atoms with Crippen LogP contribution in [-0.4, -0.2) is 37.0 Å². The molecule has 1 saturated carbocycles. The van der Waals surface area contributed by atoms with Gasteiger partial charge in [0.05, 0.1) is 11.1 Å². The number of nitrogens with one attached hydrogen (secondary N) is 1. The number of benzene rings is 1. The third-order valence-corrected chi connectivity index (χ3v) is 6.08. The summed E-state index contributed by atoms with van der Waals surface area (Å²) in [6.07, 6.45) is 7.66. The lowest BCUT2D eigenvalue weighted by Crippen LogP contribution is -2.49. The number of ether oxygens (including phenoxy) is 1. The van der Waals surface area contributed by atoms with Crippen LogP contribution in [0.3, 0.4) is 0 Å². The molecule has 0 bridgehead atoms. The van der Waals surface area contributed by atoms with Gasteiger partial charge in [0.25, 0.3) is 0 Å². The summed E-state index contributed by atoms with van der Waals surface area (Å²) in [5.74, 6) is 0.199. The molecular weight excluding hydrogens is 328 g/mol. The topological polar surface area (TPSA) is 59.9 Å². The highest BCUT2D eigenvalue weighted by Crippen LogP contribution is 2.39. The van der Waals surface area contributed by atoms with Gasteiger partial charge in [-0.1, -0.05) is 48.3 Å². The zero-order valence-electron chi connectivity index (χ0n) is 15.3. The highest BCUT2D eigenvalue weighted by molar-refractivity contribution is 6.01. The van der Waals surface area contributed by atoms with E-state index in [1.807, 2.05) is 18.2 Å². The van der Waals surface area contributed by atoms with Gasteiger partial charge in [-0.2, -0.15) is 0 Å². The fourth-order valence-corrected chi connectivity index (χ4v) is 4.47. The van der Waals surface area contributed by atoms with Crippen LogP contribution in [-0.2, 0) is 14.4 Å². The smallest absolute Gasteiger partial charge is 0.226 e. The number of amides is 1. The van der Waals surface area contributed by atoms with Crippen LogP contribution in [0, 0.1) is 5.41 Å². The Morgan fingerprint density at radius 1 is 1.15 bits per heavy atom. The van der Waals surface area contributed by atoms with Crippen molar-refractivity contribution >= 4 is 11.6 Å². The largest absolute Gasteiger partial charge is 0.392 e. The van der Waals surface area contributed by atoms with Gasteiger partial charge in [0.2, 0.25) is 5.91 Å². The summed E-state index contributed by atoms with van der Waals surface area (Å²) in [6, 6.07) is 10.5. The first-order valence-corrected chi connectivity index (χ1v) is 9.92. The first-order valence-electron chi connectivity index (χ1n) is 9.92. The molecule has 1 aromatic rings. The molecule has 1 atom stereocenters. The summed E-state index contributed by atoms with van der Waals surface area (Å²) in [4.78, 5) is 18.9. The van der Waals surface area contributed by atoms with Crippen LogP contribution in [0.5, 0.6) is 0 Å². The van der Waals surface area contributed by atoms with E-state index in [0.717, 1.165) is 49.8 Å². The number of hydrogen-bond donors (Lipinski definition) is 1. The number of hydrogen-bond acceptors (Lipinski definition) is 4. The maximum absolute atomic E-state index is 13.2. The molecule has 0 spiro atoms. The first-order chi connectivity index (χ1) is 12.8. The Labute approximate surface area is 155 Å². The summed E-state index contributed by atoms with van der Waals surface area (Å²) in [5.41, 5.74) is 1.70. The normalized spacial score (nSPS) is 25.5. The summed E-state index contributed by atoms with van der Waals surface area (Å²) in [7, 11) is 0. The van der Waals surface area contributed by atoms with Crippen LogP contribution in [0.15, 0.2) is 35.5 Å². The fraction of sp³-hybridized carbons (Fsp3) is 0.619. The van der Waals surface area contributed by atoms with Crippen molar-refractivity contribution in [1.82, 2.24) is 5.32 Å². The molecule has 26 heavy (non-hydrogen) atoms. The van der Waals surface area contributed by atoms with Gasteiger partial charge >= 0.3 is 0 Å². The molecule has 3 aliphatic rings. The van der Waals surface area contributed by atoms with Crippen molar-refractivity contribution in [2.24, 2.45) is 10.6 Å². The average Bonchev–Trinajstić information content (AvgIpc) is 3.35. The van der Waals surface area contributed by atoms with E-state index >= 15 is 0 Å². The van der Waals surface area contributed by atoms with Crippen molar-refractivity contribution < 1.29 is 14.4 Å². The lowest BCUT2D eigenvalue weighted by atomic mass is 9.74. The van der Waals surface area contributed by atoms with Gasteiger partial charge in [0.15, 0.2) is 0 Å². The number of rotatable bonds is 5. The summed E-state index contributed by atoms with van der Waals surface area (Å²) in [5, 5.41) is 7.62. The Kier molecular flexibility index (Phi) is 5.25. The van der Waals surface area contributed by atoms with E-state index < -0.39 is 0 Å². The van der Waals surface area contributed by atoms with Crippen LogP contribution < -0.4 is 5.32 Å². The third-order valence-electron chi connectivity index (χ3n) is 6.08. The van der Waals surface area contributed by atoms with Gasteiger partial charge in [-0.25, -0.2) is 0 Å². The van der Waals surface area contributed by atoms with Crippen LogP contribution in [0.1, 0.15) is 56.9 Å². The molecule has 1 N–H and O–H groups in total. The van der Waals surface area contributed by atoms with Crippen molar-refractivity contribution in [3.8, 4) is 0 Å². The minimum atomic E-state index is -0.382. The second kappa shape index (κ2) is 7.78. The molecule has 5 nitrogen and oxygen atoms in total. The molecule has 1 aromatic carbocycles. The van der Waals surface area contributed by atoms with Gasteiger partial charge in [-0.15, -0.1) is 0 Å². The van der Waals surface area contributed by atoms with Crippen LogP contribution in [0.4, 0.5) is 0 Å². The predicted molar refractivity (Wildman–Crippen MR) is 100.0 cm³/mol. The second-order valence-electron chi connectivity index (χ2n) is 7.89. The zero-order valence-corrected chi connectivity index (χ0v) is 15.3. The van der Waals surface area contributed by atoms with Crippen molar-refractivity contribution in [3.05, 3.63) is 35.9 Å². The van der Waals surface area contributed by atoms with E-state index in [4.69, 9.17) is 9.57 Å². The monoisotopic (exact) mass is 356 g/mol. The van der Waals surface area contributed by atoms with Gasteiger partial charge in [0, 0.05) is 32.1 Å². The van der Waals surface area contributed by atoms with Crippen molar-refractivity contribution in [1.29, 1.82) is 0 Å². The van der Waals surface area contributed by atoms with Crippen molar-refractivity contribution in [2.75, 3.05) is 13.2 Å². The summed E-state index contributed by atoms with van der Waals surface area (Å²) in [6.45, 7) is 1.30. The number of nitrogens with zero attached hydrogens (tertiary/aromatic N) is 1. The Hall–Kier alpha value is -1.88. The van der Waals surface area contributed by atoms with E-state index in [2.05, 4.69) is 22.6 Å². The summed E-state index contributed by atoms with van der Waals surface area (Å²) < 4.78 is 5.55. The molecule has 0 unspecified atom stereocenters. The molecule has 2 heterocycles. The molecular formula is C21H28N2O3. The molecule has 0 aromatic heterocycles. The van der Waals surface area contributed by atoms with E-state index in [0.29, 0.717) is 19.3 Å². The lowest BCUT2D eigenvalue weighted by Gasteiger charge is -2.37. The maximum atomic E-state index is 13.2. The molecule has 2 fully saturated rings. The third kappa shape index (κ3) is 3.78. The SMILES string of the molecule is O=C(NC1CCCC1)C1(C[C@@H]2CC(c3ccccc3)=NO2)CCOCC1. The van der Waals surface area contributed by atoms with Crippen LogP contribution in [0.2, 0.25) is 0 Å². The van der Waals surface area contributed by atoms with Gasteiger partial charge in [-0.05, 0) is 31.2 Å². The zero-order chi connectivity index (χ0) is 17.8. The minimum Gasteiger partial charge on any atom is -0.392 e. The van der Waals surface area contributed by atoms with Gasteiger partial charge in [-0.3, -0.25) is 4.79 Å². The average molecular weight is 356 g/mol. The molecule has 140 valence electrons. The highest BCUT2D eigenvalue weighted by atomic mass is 16.6. The maximum Gasteiger partial charge on any atom is 0.226 e. The molecule has 0 radical (unpaired) electrons. The number of carbonyl (C=O) groups excluding carboxylic acids is 1. The van der Waals surface area contributed by atoms with Gasteiger partial charge in [0.1, 0.15) is 6.10 Å². The molecule has 1 aliphatic carbocycles. The molecule has 1 saturated heterocycles. The van der Waals surface area contributed by atoms with Crippen LogP contribution in [0.25, 0.3) is 0 Å². The molecule has 1 amide bonds. The first kappa shape index (κ1) is 17.5. The predicted octanol–water partition coefficient (Wildman–Crippen LogP) is 3.43. The van der Waals surface area contributed by atoms with Crippen molar-refractivity contribution in [3.63, 3.8) is 0 Å².